The minimum Gasteiger partial charge on any atom is -0.493 e. The van der Waals surface area contributed by atoms with Gasteiger partial charge in [0.15, 0.2) is 0 Å². The van der Waals surface area contributed by atoms with Crippen LogP contribution in [0.25, 0.3) is 0 Å². The number of amides is 1. The van der Waals surface area contributed by atoms with Crippen molar-refractivity contribution >= 4 is 5.91 Å². The molecule has 0 aliphatic heterocycles. The molecular formula is C23H31NO3. The number of rotatable bonds is 9. The molecule has 1 unspecified atom stereocenters. The van der Waals surface area contributed by atoms with Crippen molar-refractivity contribution in [2.24, 2.45) is 0 Å². The van der Waals surface area contributed by atoms with Gasteiger partial charge in [-0.25, -0.2) is 0 Å². The van der Waals surface area contributed by atoms with Gasteiger partial charge in [-0.05, 0) is 56.0 Å². The van der Waals surface area contributed by atoms with Crippen LogP contribution in [0.15, 0.2) is 42.5 Å². The zero-order valence-electron chi connectivity index (χ0n) is 17.0. The average Bonchev–Trinajstić information content (AvgIpc) is 2.67. The maximum Gasteiger partial charge on any atom is 0.251 e. The Labute approximate surface area is 162 Å². The van der Waals surface area contributed by atoms with Crippen LogP contribution in [0.4, 0.5) is 0 Å². The van der Waals surface area contributed by atoms with Crippen LogP contribution in [0.1, 0.15) is 68.4 Å². The van der Waals surface area contributed by atoms with Crippen molar-refractivity contribution < 1.29 is 14.3 Å². The molecule has 0 saturated heterocycles. The molecule has 1 atom stereocenters. The largest absolute Gasteiger partial charge is 0.493 e. The molecule has 0 aliphatic carbocycles. The molecule has 27 heavy (non-hydrogen) atoms. The van der Waals surface area contributed by atoms with E-state index in [0.717, 1.165) is 23.5 Å². The van der Waals surface area contributed by atoms with E-state index in [1.165, 1.54) is 5.56 Å². The summed E-state index contributed by atoms with van der Waals surface area (Å²) in [5, 5.41) is 3.00. The van der Waals surface area contributed by atoms with Crippen LogP contribution >= 0.6 is 0 Å². The normalized spacial score (nSPS) is 11.9. The molecule has 1 N–H and O–H groups in total. The first-order chi connectivity index (χ1) is 13.0. The monoisotopic (exact) mass is 369 g/mol. The van der Waals surface area contributed by atoms with E-state index in [1.807, 2.05) is 44.2 Å². The van der Waals surface area contributed by atoms with Crippen molar-refractivity contribution in [1.29, 1.82) is 0 Å². The number of ether oxygens (including phenoxy) is 2. The van der Waals surface area contributed by atoms with E-state index in [-0.39, 0.29) is 11.9 Å². The molecule has 4 nitrogen and oxygen atoms in total. The highest BCUT2D eigenvalue weighted by atomic mass is 16.5. The Morgan fingerprint density at radius 1 is 1.00 bits per heavy atom. The molecule has 146 valence electrons. The molecule has 0 aliphatic rings. The van der Waals surface area contributed by atoms with Crippen molar-refractivity contribution in [2.75, 3.05) is 6.61 Å². The highest BCUT2D eigenvalue weighted by Crippen LogP contribution is 2.28. The SMILES string of the molecule is CCOc1ccc(C(=O)NC(C)CC)cc1COc1ccccc1C(C)C. The van der Waals surface area contributed by atoms with Gasteiger partial charge in [-0.3, -0.25) is 4.79 Å². The van der Waals surface area contributed by atoms with Crippen LogP contribution in [-0.4, -0.2) is 18.6 Å². The molecule has 1 amide bonds. The lowest BCUT2D eigenvalue weighted by Crippen LogP contribution is -2.32. The smallest absolute Gasteiger partial charge is 0.251 e. The zero-order valence-corrected chi connectivity index (χ0v) is 17.0. The first-order valence-electron chi connectivity index (χ1n) is 9.74. The minimum atomic E-state index is -0.0729. The summed E-state index contributed by atoms with van der Waals surface area (Å²) in [6.45, 7) is 11.2. The van der Waals surface area contributed by atoms with Crippen LogP contribution in [-0.2, 0) is 6.61 Å². The van der Waals surface area contributed by atoms with Crippen molar-refractivity contribution in [3.05, 3.63) is 59.2 Å². The Bertz CT molecular complexity index is 755. The first kappa shape index (κ1) is 20.8. The second kappa shape index (κ2) is 10.0. The van der Waals surface area contributed by atoms with E-state index in [4.69, 9.17) is 9.47 Å². The number of hydrogen-bond acceptors (Lipinski definition) is 3. The third-order valence-electron chi connectivity index (χ3n) is 4.54. The summed E-state index contributed by atoms with van der Waals surface area (Å²) < 4.78 is 11.8. The number of para-hydroxylation sites is 1. The maximum atomic E-state index is 12.5. The van der Waals surface area contributed by atoms with Gasteiger partial charge >= 0.3 is 0 Å². The predicted molar refractivity (Wildman–Crippen MR) is 110 cm³/mol. The quantitative estimate of drug-likeness (QED) is 0.651. The third kappa shape index (κ3) is 5.75. The lowest BCUT2D eigenvalue weighted by molar-refractivity contribution is 0.0939. The van der Waals surface area contributed by atoms with Gasteiger partial charge in [-0.1, -0.05) is 39.0 Å². The van der Waals surface area contributed by atoms with Crippen molar-refractivity contribution in [3.63, 3.8) is 0 Å². The molecule has 0 bridgehead atoms. The lowest BCUT2D eigenvalue weighted by atomic mass is 10.0. The van der Waals surface area contributed by atoms with E-state index < -0.39 is 0 Å². The molecule has 0 spiro atoms. The number of benzene rings is 2. The predicted octanol–water partition coefficient (Wildman–Crippen LogP) is 5.32. The summed E-state index contributed by atoms with van der Waals surface area (Å²) in [7, 11) is 0. The fourth-order valence-corrected chi connectivity index (χ4v) is 2.78. The van der Waals surface area contributed by atoms with Crippen molar-refractivity contribution in [2.45, 2.75) is 59.6 Å². The molecule has 0 saturated carbocycles. The van der Waals surface area contributed by atoms with Crippen molar-refractivity contribution in [3.8, 4) is 11.5 Å². The van der Waals surface area contributed by atoms with Crippen LogP contribution in [0.5, 0.6) is 11.5 Å². The summed E-state index contributed by atoms with van der Waals surface area (Å²) in [6, 6.07) is 13.7. The standard InChI is InChI=1S/C23H31NO3/c1-6-17(5)24-23(25)18-12-13-21(26-7-2)19(14-18)15-27-22-11-9-8-10-20(22)16(3)4/h8-14,16-17H,6-7,15H2,1-5H3,(H,24,25). The van der Waals surface area contributed by atoms with E-state index in [1.54, 1.807) is 6.07 Å². The molecule has 2 rings (SSSR count). The third-order valence-corrected chi connectivity index (χ3v) is 4.54. The van der Waals surface area contributed by atoms with Crippen molar-refractivity contribution in [1.82, 2.24) is 5.32 Å². The maximum absolute atomic E-state index is 12.5. The van der Waals surface area contributed by atoms with E-state index in [0.29, 0.717) is 24.7 Å². The number of carbonyl (C=O) groups is 1. The first-order valence-corrected chi connectivity index (χ1v) is 9.74. The van der Waals surface area contributed by atoms with Gasteiger partial charge in [0.25, 0.3) is 5.91 Å². The molecule has 2 aromatic carbocycles. The highest BCUT2D eigenvalue weighted by Gasteiger charge is 2.14. The second-order valence-corrected chi connectivity index (χ2v) is 7.02. The number of carbonyl (C=O) groups excluding carboxylic acids is 1. The summed E-state index contributed by atoms with van der Waals surface area (Å²) in [4.78, 5) is 12.5. The molecule has 0 radical (unpaired) electrons. The average molecular weight is 370 g/mol. The zero-order chi connectivity index (χ0) is 19.8. The van der Waals surface area contributed by atoms with E-state index >= 15 is 0 Å². The summed E-state index contributed by atoms with van der Waals surface area (Å²) in [5.41, 5.74) is 2.66. The van der Waals surface area contributed by atoms with Crippen LogP contribution in [0, 0.1) is 0 Å². The molecule has 0 fully saturated rings. The Hall–Kier alpha value is -2.49. The van der Waals surface area contributed by atoms with Crippen LogP contribution in [0.2, 0.25) is 0 Å². The molecular weight excluding hydrogens is 338 g/mol. The Balaban J connectivity index is 2.23. The summed E-state index contributed by atoms with van der Waals surface area (Å²) >= 11 is 0. The molecule has 4 heteroatoms. The summed E-state index contributed by atoms with van der Waals surface area (Å²) in [5.74, 6) is 1.92. The minimum absolute atomic E-state index is 0.0729. The van der Waals surface area contributed by atoms with Gasteiger partial charge < -0.3 is 14.8 Å². The molecule has 0 aromatic heterocycles. The lowest BCUT2D eigenvalue weighted by Gasteiger charge is -2.17. The second-order valence-electron chi connectivity index (χ2n) is 7.02. The van der Waals surface area contributed by atoms with Gasteiger partial charge in [-0.2, -0.15) is 0 Å². The fourth-order valence-electron chi connectivity index (χ4n) is 2.78. The van der Waals surface area contributed by atoms with E-state index in [2.05, 4.69) is 32.2 Å². The van der Waals surface area contributed by atoms with Gasteiger partial charge in [0.05, 0.1) is 6.61 Å². The van der Waals surface area contributed by atoms with Crippen LogP contribution < -0.4 is 14.8 Å². The van der Waals surface area contributed by atoms with E-state index in [9.17, 15) is 4.79 Å². The number of hydrogen-bond donors (Lipinski definition) is 1. The topological polar surface area (TPSA) is 47.6 Å². The molecule has 2 aromatic rings. The van der Waals surface area contributed by atoms with Gasteiger partial charge in [0.1, 0.15) is 18.1 Å². The number of nitrogens with one attached hydrogen (secondary N) is 1. The Morgan fingerprint density at radius 3 is 2.41 bits per heavy atom. The highest BCUT2D eigenvalue weighted by molar-refractivity contribution is 5.94. The summed E-state index contributed by atoms with van der Waals surface area (Å²) in [6.07, 6.45) is 0.894. The van der Waals surface area contributed by atoms with Gasteiger partial charge in [0.2, 0.25) is 0 Å². The Morgan fingerprint density at radius 2 is 1.74 bits per heavy atom. The van der Waals surface area contributed by atoms with Gasteiger partial charge in [0, 0.05) is 17.2 Å². The van der Waals surface area contributed by atoms with Gasteiger partial charge in [-0.15, -0.1) is 0 Å². The fraction of sp³-hybridized carbons (Fsp3) is 0.435. The van der Waals surface area contributed by atoms with Crippen LogP contribution in [0.3, 0.4) is 0 Å². The Kier molecular flexibility index (Phi) is 7.71. The molecule has 0 heterocycles.